The van der Waals surface area contributed by atoms with Crippen molar-refractivity contribution < 1.29 is 10.2 Å². The molecule has 6 nitrogen and oxygen atoms in total. The Hall–Kier alpha value is -1.73. The van der Waals surface area contributed by atoms with Gasteiger partial charge in [-0.25, -0.2) is 0 Å². The molecule has 0 bridgehead atoms. The highest BCUT2D eigenvalue weighted by atomic mass is 32.1. The summed E-state index contributed by atoms with van der Waals surface area (Å²) in [5.74, 6) is 0.00136. The Morgan fingerprint density at radius 1 is 1.61 bits per heavy atom. The number of aliphatic hydroxyl groups excluding tert-OH is 1. The summed E-state index contributed by atoms with van der Waals surface area (Å²) in [7, 11) is 0. The van der Waals surface area contributed by atoms with Gasteiger partial charge in [-0.2, -0.15) is 5.10 Å². The molecule has 1 rings (SSSR count). The molecule has 0 saturated heterocycles. The van der Waals surface area contributed by atoms with E-state index in [0.717, 1.165) is 0 Å². The summed E-state index contributed by atoms with van der Waals surface area (Å²) in [6.07, 6.45) is 2.90. The van der Waals surface area contributed by atoms with Crippen LogP contribution in [0, 0.1) is 6.92 Å². The highest BCUT2D eigenvalue weighted by Gasteiger charge is 2.09. The molecule has 98 valence electrons. The Labute approximate surface area is 111 Å². The van der Waals surface area contributed by atoms with E-state index >= 15 is 0 Å². The number of aryl methyl sites for hydroxylation is 1. The quantitative estimate of drug-likeness (QED) is 0.359. The molecule has 18 heavy (non-hydrogen) atoms. The topological polar surface area (TPSA) is 89.8 Å². The van der Waals surface area contributed by atoms with Crippen LogP contribution in [0.25, 0.3) is 0 Å². The van der Waals surface area contributed by atoms with Gasteiger partial charge < -0.3 is 15.5 Å². The van der Waals surface area contributed by atoms with Crippen molar-refractivity contribution >= 4 is 23.5 Å². The van der Waals surface area contributed by atoms with Crippen molar-refractivity contribution in [3.05, 3.63) is 23.0 Å². The summed E-state index contributed by atoms with van der Waals surface area (Å²) in [5.41, 5.74) is 4.01. The number of hydrogen-bond acceptors (Lipinski definition) is 5. The molecule has 0 atom stereocenters. The fourth-order valence-corrected chi connectivity index (χ4v) is 1.48. The van der Waals surface area contributed by atoms with E-state index in [-0.39, 0.29) is 12.4 Å². The van der Waals surface area contributed by atoms with E-state index < -0.39 is 0 Å². The number of aliphatic hydroxyl groups is 1. The Morgan fingerprint density at radius 2 is 2.33 bits per heavy atom. The van der Waals surface area contributed by atoms with Gasteiger partial charge in [0.2, 0.25) is 0 Å². The van der Waals surface area contributed by atoms with E-state index in [4.69, 9.17) is 17.3 Å². The molecule has 1 aromatic heterocycles. The zero-order chi connectivity index (χ0) is 13.5. The predicted octanol–water partition coefficient (Wildman–Crippen LogP) is 0.406. The second-order valence-corrected chi connectivity index (χ2v) is 3.93. The van der Waals surface area contributed by atoms with Crippen molar-refractivity contribution in [1.29, 1.82) is 0 Å². The first-order valence-electron chi connectivity index (χ1n) is 5.45. The lowest BCUT2D eigenvalue weighted by Gasteiger charge is -2.07. The zero-order valence-electron chi connectivity index (χ0n) is 10.3. The Balaban J connectivity index is 2.86. The predicted molar refractivity (Wildman–Crippen MR) is 73.6 cm³/mol. The second-order valence-electron chi connectivity index (χ2n) is 3.52. The molecule has 0 amide bonds. The summed E-state index contributed by atoms with van der Waals surface area (Å²) in [6, 6.07) is 0. The number of pyridine rings is 1. The normalized spacial score (nSPS) is 10.6. The molecule has 0 aliphatic carbocycles. The third-order valence-electron chi connectivity index (χ3n) is 2.23. The summed E-state index contributed by atoms with van der Waals surface area (Å²) in [5, 5.41) is 26.1. The van der Waals surface area contributed by atoms with E-state index in [1.807, 2.05) is 6.92 Å². The van der Waals surface area contributed by atoms with Crippen molar-refractivity contribution in [2.45, 2.75) is 20.5 Å². The standard InChI is InChI=1S/C11H16N4O2S/c1-3-12-11(18)15-14-5-9-8(6-16)4-13-7(2)10(9)17/h4-5,16-17H,3,6H2,1-2H3,(H2,12,15,18)/b14-5+. The van der Waals surface area contributed by atoms with Gasteiger partial charge in [0.05, 0.1) is 18.5 Å². The Morgan fingerprint density at radius 3 is 2.94 bits per heavy atom. The minimum Gasteiger partial charge on any atom is -0.505 e. The lowest BCUT2D eigenvalue weighted by atomic mass is 10.1. The maximum Gasteiger partial charge on any atom is 0.186 e. The minimum absolute atomic E-state index is 0.00136. The second kappa shape index (κ2) is 6.87. The molecule has 1 heterocycles. The lowest BCUT2D eigenvalue weighted by Crippen LogP contribution is -2.31. The van der Waals surface area contributed by atoms with Crippen LogP contribution in [-0.4, -0.2) is 33.1 Å². The zero-order valence-corrected chi connectivity index (χ0v) is 11.1. The van der Waals surface area contributed by atoms with Crippen molar-refractivity contribution in [1.82, 2.24) is 15.7 Å². The van der Waals surface area contributed by atoms with Gasteiger partial charge in [0, 0.05) is 23.9 Å². The van der Waals surface area contributed by atoms with Crippen LogP contribution in [-0.2, 0) is 6.61 Å². The smallest absolute Gasteiger partial charge is 0.186 e. The molecular weight excluding hydrogens is 252 g/mol. The number of hydrazone groups is 1. The van der Waals surface area contributed by atoms with Crippen LogP contribution in [0.2, 0.25) is 0 Å². The average Bonchev–Trinajstić information content (AvgIpc) is 2.35. The van der Waals surface area contributed by atoms with Gasteiger partial charge in [0.15, 0.2) is 5.11 Å². The molecule has 0 aliphatic rings. The molecular formula is C11H16N4O2S. The number of nitrogens with one attached hydrogen (secondary N) is 2. The molecule has 0 spiro atoms. The fraction of sp³-hybridized carbons (Fsp3) is 0.364. The van der Waals surface area contributed by atoms with Gasteiger partial charge in [0.1, 0.15) is 5.75 Å². The van der Waals surface area contributed by atoms with Crippen LogP contribution in [0.3, 0.4) is 0 Å². The van der Waals surface area contributed by atoms with Crippen LogP contribution in [0.15, 0.2) is 11.3 Å². The summed E-state index contributed by atoms with van der Waals surface area (Å²) < 4.78 is 0. The van der Waals surface area contributed by atoms with Gasteiger partial charge in [-0.3, -0.25) is 10.4 Å². The van der Waals surface area contributed by atoms with Gasteiger partial charge in [-0.15, -0.1) is 0 Å². The van der Waals surface area contributed by atoms with Gasteiger partial charge in [-0.05, 0) is 26.1 Å². The first kappa shape index (κ1) is 14.3. The maximum absolute atomic E-state index is 9.84. The summed E-state index contributed by atoms with van der Waals surface area (Å²) in [4.78, 5) is 3.95. The van der Waals surface area contributed by atoms with Crippen molar-refractivity contribution in [3.63, 3.8) is 0 Å². The summed E-state index contributed by atoms with van der Waals surface area (Å²) in [6.45, 7) is 4.06. The molecule has 7 heteroatoms. The molecule has 0 unspecified atom stereocenters. The largest absolute Gasteiger partial charge is 0.505 e. The Kier molecular flexibility index (Phi) is 5.47. The van der Waals surface area contributed by atoms with E-state index in [1.165, 1.54) is 12.4 Å². The number of aromatic nitrogens is 1. The van der Waals surface area contributed by atoms with E-state index in [1.54, 1.807) is 6.92 Å². The third-order valence-corrected chi connectivity index (χ3v) is 2.46. The maximum atomic E-state index is 9.84. The highest BCUT2D eigenvalue weighted by Crippen LogP contribution is 2.21. The van der Waals surface area contributed by atoms with Crippen molar-refractivity contribution in [3.8, 4) is 5.75 Å². The molecule has 0 radical (unpaired) electrons. The van der Waals surface area contributed by atoms with Crippen LogP contribution in [0.4, 0.5) is 0 Å². The van der Waals surface area contributed by atoms with Crippen molar-refractivity contribution in [2.75, 3.05) is 6.54 Å². The molecule has 0 aliphatic heterocycles. The van der Waals surface area contributed by atoms with Crippen LogP contribution in [0.1, 0.15) is 23.7 Å². The minimum atomic E-state index is -0.222. The number of rotatable bonds is 4. The van der Waals surface area contributed by atoms with E-state index in [2.05, 4.69) is 20.8 Å². The van der Waals surface area contributed by atoms with E-state index in [0.29, 0.717) is 28.5 Å². The van der Waals surface area contributed by atoms with Gasteiger partial charge >= 0.3 is 0 Å². The first-order chi connectivity index (χ1) is 8.60. The number of hydrogen-bond donors (Lipinski definition) is 4. The first-order valence-corrected chi connectivity index (χ1v) is 5.86. The monoisotopic (exact) mass is 268 g/mol. The van der Waals surface area contributed by atoms with Crippen LogP contribution in [0.5, 0.6) is 5.75 Å². The molecule has 1 aromatic rings. The lowest BCUT2D eigenvalue weighted by molar-refractivity contribution is 0.280. The molecule has 0 aromatic carbocycles. The number of thiocarbonyl (C=S) groups is 1. The molecule has 4 N–H and O–H groups in total. The Bertz CT molecular complexity index is 463. The molecule has 0 saturated carbocycles. The number of aromatic hydroxyl groups is 1. The number of nitrogens with zero attached hydrogens (tertiary/aromatic N) is 2. The van der Waals surface area contributed by atoms with Gasteiger partial charge in [-0.1, -0.05) is 0 Å². The summed E-state index contributed by atoms with van der Waals surface area (Å²) >= 11 is 4.93. The van der Waals surface area contributed by atoms with Crippen molar-refractivity contribution in [2.24, 2.45) is 5.10 Å². The average molecular weight is 268 g/mol. The fourth-order valence-electron chi connectivity index (χ4n) is 1.28. The third kappa shape index (κ3) is 3.64. The van der Waals surface area contributed by atoms with Crippen LogP contribution < -0.4 is 10.7 Å². The SMILES string of the molecule is CCNC(=S)N/N=C/c1c(CO)cnc(C)c1O. The van der Waals surface area contributed by atoms with Gasteiger partial charge in [0.25, 0.3) is 0 Å². The van der Waals surface area contributed by atoms with Crippen LogP contribution >= 0.6 is 12.2 Å². The highest BCUT2D eigenvalue weighted by molar-refractivity contribution is 7.80. The molecule has 0 fully saturated rings. The van der Waals surface area contributed by atoms with E-state index in [9.17, 15) is 5.11 Å².